The van der Waals surface area contributed by atoms with Crippen molar-refractivity contribution in [2.45, 2.75) is 0 Å². The lowest BCUT2D eigenvalue weighted by Crippen LogP contribution is -2.53. The zero-order valence-electron chi connectivity index (χ0n) is 6.15. The minimum atomic E-state index is -4.64. The molecule has 0 unspecified atom stereocenters. The number of hydrogen-bond acceptors (Lipinski definition) is 7. The van der Waals surface area contributed by atoms with Gasteiger partial charge in [0.05, 0.1) is 0 Å². The van der Waals surface area contributed by atoms with Crippen molar-refractivity contribution in [3.05, 3.63) is 30.3 Å². The molecule has 0 aliphatic rings. The standard InChI is InChI=1S/3HNO2.H3O4P/c3*2-1-3;1-5(2,3)4/h3*1H;(H3,1,2,3,4). The monoisotopic (exact) mass is 239 g/mol. The van der Waals surface area contributed by atoms with E-state index < -0.39 is 7.82 Å². The Bertz CT molecular complexity index is 136. The van der Waals surface area contributed by atoms with Gasteiger partial charge in [-0.3, -0.25) is 30.3 Å². The molecule has 0 aliphatic heterocycles. The minimum absolute atomic E-state index is 0.250. The van der Waals surface area contributed by atoms with E-state index in [1.54, 1.807) is 0 Å². The van der Waals surface area contributed by atoms with Gasteiger partial charge in [-0.05, 0) is 0 Å². The predicted octanol–water partition coefficient (Wildman–Crippen LogP) is -5.93. The molecule has 0 spiro atoms. The molecule has 14 heteroatoms. The van der Waals surface area contributed by atoms with Crippen LogP contribution < -0.4 is 16.0 Å². The highest BCUT2D eigenvalue weighted by Crippen LogP contribution is 2.25. The van der Waals surface area contributed by atoms with Crippen molar-refractivity contribution in [1.82, 2.24) is 0 Å². The summed E-state index contributed by atoms with van der Waals surface area (Å²) in [6.07, 6.45) is 0. The third-order valence-electron chi connectivity index (χ3n) is 0. The summed E-state index contributed by atoms with van der Waals surface area (Å²) in [6, 6.07) is 0. The zero-order chi connectivity index (χ0) is 12.6. The molecule has 14 heavy (non-hydrogen) atoms. The van der Waals surface area contributed by atoms with Gasteiger partial charge < -0.3 is 14.7 Å². The van der Waals surface area contributed by atoms with E-state index in [9.17, 15) is 0 Å². The molecule has 0 heterocycles. The summed E-state index contributed by atoms with van der Waals surface area (Å²) < 4.78 is 8.88. The summed E-state index contributed by atoms with van der Waals surface area (Å²) in [5.74, 6) is 0. The van der Waals surface area contributed by atoms with Crippen LogP contribution in [0.1, 0.15) is 0 Å². The van der Waals surface area contributed by atoms with E-state index >= 15 is 0 Å². The maximum absolute atomic E-state index is 8.88. The number of phosphoric acid groups is 1. The second-order valence-corrected chi connectivity index (χ2v) is 1.79. The molecule has 0 radical (unpaired) electrons. The Balaban J connectivity index is -0.0000000495. The van der Waals surface area contributed by atoms with Crippen LogP contribution in [0.15, 0.2) is 0 Å². The molecule has 0 bridgehead atoms. The van der Waals surface area contributed by atoms with Crippen molar-refractivity contribution in [3.63, 3.8) is 0 Å². The van der Waals surface area contributed by atoms with Crippen LogP contribution in [-0.4, -0.2) is 14.7 Å². The maximum Gasteiger partial charge on any atom is 0.466 e. The van der Waals surface area contributed by atoms with E-state index in [2.05, 4.69) is 0 Å². The molecule has 0 saturated heterocycles. The van der Waals surface area contributed by atoms with Gasteiger partial charge in [0.1, 0.15) is 0 Å². The predicted molar refractivity (Wildman–Crippen MR) is 37.4 cm³/mol. The Morgan fingerprint density at radius 2 is 0.786 bits per heavy atom. The van der Waals surface area contributed by atoms with Crippen LogP contribution >= 0.6 is 7.82 Å². The summed E-state index contributed by atoms with van der Waals surface area (Å²) in [5.41, 5.74) is 0. The average Bonchev–Trinajstić information content (AvgIpc) is 1.86. The molecule has 0 rings (SSSR count). The molecule has 86 valence electrons. The molecular weight excluding hydrogens is 233 g/mol. The first-order chi connectivity index (χ1) is 6.24. The van der Waals surface area contributed by atoms with Crippen LogP contribution in [0, 0.1) is 30.3 Å². The molecule has 0 saturated carbocycles. The Labute approximate surface area is 74.7 Å². The number of hydrogen-bond donors (Lipinski definition) is 6. The van der Waals surface area contributed by atoms with Crippen LogP contribution in [-0.2, 0) is 4.57 Å². The number of rotatable bonds is 0. The van der Waals surface area contributed by atoms with Gasteiger partial charge in [-0.2, -0.15) is 0 Å². The molecule has 0 amide bonds. The number of nitrogens with one attached hydrogen (secondary N) is 3. The summed E-state index contributed by atoms with van der Waals surface area (Å²) >= 11 is 0. The second-order valence-electron chi connectivity index (χ2n) is 0.763. The highest BCUT2D eigenvalue weighted by atomic mass is 31.2. The first-order valence-electron chi connectivity index (χ1n) is 2.01. The van der Waals surface area contributed by atoms with Crippen molar-refractivity contribution in [2.24, 2.45) is 0 Å². The molecule has 0 atom stereocenters. The fraction of sp³-hybridized carbons (Fsp3) is 0. The van der Waals surface area contributed by atoms with Crippen LogP contribution in [0.3, 0.4) is 0 Å². The normalized spacial score (nSPS) is 6.79. The smallest absolute Gasteiger partial charge is 0.303 e. The van der Waals surface area contributed by atoms with Crippen molar-refractivity contribution < 1.29 is 35.3 Å². The molecule has 0 aromatic carbocycles. The fourth-order valence-corrected chi connectivity index (χ4v) is 0. The summed E-state index contributed by atoms with van der Waals surface area (Å²) in [5, 5.41) is 25.1. The molecule has 0 fully saturated rings. The van der Waals surface area contributed by atoms with E-state index in [-0.39, 0.29) is 16.0 Å². The lowest BCUT2D eigenvalue weighted by Gasteiger charge is -1.82. The second kappa shape index (κ2) is 22.5. The Morgan fingerprint density at radius 1 is 0.786 bits per heavy atom. The van der Waals surface area contributed by atoms with Crippen LogP contribution in [0.5, 0.6) is 0 Å². The molecule has 0 aromatic heterocycles. The third-order valence-corrected chi connectivity index (χ3v) is 0. The van der Waals surface area contributed by atoms with E-state index in [4.69, 9.17) is 49.6 Å². The minimum Gasteiger partial charge on any atom is -0.303 e. The SMILES string of the molecule is O=P(O)(O)O.O=[NH+][O-].O=[NH+][O-].O=[NH+][O-]. The summed E-state index contributed by atoms with van der Waals surface area (Å²) in [7, 11) is -4.64. The quantitative estimate of drug-likeness (QED) is 0.133. The van der Waals surface area contributed by atoms with E-state index in [0.717, 1.165) is 0 Å². The highest BCUT2D eigenvalue weighted by molar-refractivity contribution is 7.45. The van der Waals surface area contributed by atoms with Crippen molar-refractivity contribution in [1.29, 1.82) is 0 Å². The van der Waals surface area contributed by atoms with Gasteiger partial charge in [0.2, 0.25) is 0 Å². The van der Waals surface area contributed by atoms with Crippen LogP contribution in [0.2, 0.25) is 0 Å². The van der Waals surface area contributed by atoms with Gasteiger partial charge in [0, 0.05) is 16.0 Å². The third kappa shape index (κ3) is 313. The van der Waals surface area contributed by atoms with Crippen molar-refractivity contribution in [2.75, 3.05) is 0 Å². The Morgan fingerprint density at radius 3 is 0.786 bits per heavy atom. The van der Waals surface area contributed by atoms with E-state index in [1.165, 1.54) is 0 Å². The highest BCUT2D eigenvalue weighted by Gasteiger charge is 2.00. The van der Waals surface area contributed by atoms with E-state index in [1.807, 2.05) is 0 Å². The largest absolute Gasteiger partial charge is 0.466 e. The van der Waals surface area contributed by atoms with Gasteiger partial charge in [-0.15, -0.1) is 0 Å². The molecule has 0 aromatic rings. The Hall–Kier alpha value is -1.69. The first-order valence-corrected chi connectivity index (χ1v) is 3.57. The van der Waals surface area contributed by atoms with Crippen molar-refractivity contribution >= 4 is 7.82 Å². The molecule has 6 N–H and O–H groups in total. The van der Waals surface area contributed by atoms with Crippen molar-refractivity contribution in [3.8, 4) is 0 Å². The topological polar surface area (TPSA) is 240 Å². The summed E-state index contributed by atoms with van der Waals surface area (Å²) in [4.78, 5) is 45.9. The lowest BCUT2D eigenvalue weighted by atomic mass is 13.4. The summed E-state index contributed by atoms with van der Waals surface area (Å²) in [6.45, 7) is 0. The average molecular weight is 239 g/mol. The van der Waals surface area contributed by atoms with Crippen LogP contribution in [0.4, 0.5) is 0 Å². The fourth-order valence-electron chi connectivity index (χ4n) is 0. The molecule has 0 aliphatic carbocycles. The Kier molecular flexibility index (Phi) is 36.6. The molecule has 13 nitrogen and oxygen atoms in total. The van der Waals surface area contributed by atoms with Gasteiger partial charge in [-0.1, -0.05) is 0 Å². The van der Waals surface area contributed by atoms with E-state index in [0.29, 0.717) is 0 Å². The van der Waals surface area contributed by atoms with Crippen LogP contribution in [0.25, 0.3) is 0 Å². The zero-order valence-corrected chi connectivity index (χ0v) is 7.04. The molecular formula is H6N3O10P. The maximum atomic E-state index is 8.88. The first kappa shape index (κ1) is 22.8. The van der Waals surface area contributed by atoms with Gasteiger partial charge >= 0.3 is 7.82 Å². The lowest BCUT2D eigenvalue weighted by molar-refractivity contribution is -0.399. The van der Waals surface area contributed by atoms with Gasteiger partial charge in [0.15, 0.2) is 0 Å². The van der Waals surface area contributed by atoms with Gasteiger partial charge in [-0.25, -0.2) is 4.57 Å². The van der Waals surface area contributed by atoms with Gasteiger partial charge in [0.25, 0.3) is 0 Å².